The fourth-order valence-electron chi connectivity index (χ4n) is 2.79. The monoisotopic (exact) mass is 391 g/mol. The molecule has 0 unspecified atom stereocenters. The zero-order valence-corrected chi connectivity index (χ0v) is 16.6. The summed E-state index contributed by atoms with van der Waals surface area (Å²) < 4.78 is 5.58. The van der Waals surface area contributed by atoms with Gasteiger partial charge >= 0.3 is 0 Å². The number of benzene rings is 2. The van der Waals surface area contributed by atoms with Crippen LogP contribution in [-0.4, -0.2) is 17.1 Å². The number of aryl methyl sites for hydroxylation is 2. The second-order valence-electron chi connectivity index (χ2n) is 6.28. The lowest BCUT2D eigenvalue weighted by Gasteiger charge is -2.03. The van der Waals surface area contributed by atoms with Gasteiger partial charge in [0.25, 0.3) is 0 Å². The fraction of sp³-hybridized carbons (Fsp3) is 0.136. The van der Waals surface area contributed by atoms with Crippen LogP contribution in [0, 0.1) is 13.8 Å². The van der Waals surface area contributed by atoms with Crippen molar-refractivity contribution in [2.24, 2.45) is 15.9 Å². The van der Waals surface area contributed by atoms with Crippen molar-refractivity contribution in [3.8, 4) is 0 Å². The van der Waals surface area contributed by atoms with Crippen molar-refractivity contribution in [3.63, 3.8) is 0 Å². The van der Waals surface area contributed by atoms with E-state index in [4.69, 9.17) is 10.2 Å². The van der Waals surface area contributed by atoms with Gasteiger partial charge < -0.3 is 10.2 Å². The Hall–Kier alpha value is -3.12. The van der Waals surface area contributed by atoms with Crippen LogP contribution < -0.4 is 11.2 Å². The smallest absolute Gasteiger partial charge is 0.201 e. The number of amidine groups is 1. The summed E-state index contributed by atoms with van der Waals surface area (Å²) in [5.41, 5.74) is 9.68. The Bertz CT molecular complexity index is 1120. The second kappa shape index (κ2) is 9.19. The molecule has 0 aliphatic rings. The summed E-state index contributed by atoms with van der Waals surface area (Å²) in [5.74, 6) is 0.677. The Morgan fingerprint density at radius 3 is 2.79 bits per heavy atom. The highest BCUT2D eigenvalue weighted by Gasteiger charge is 2.08. The van der Waals surface area contributed by atoms with Crippen molar-refractivity contribution in [1.82, 2.24) is 0 Å². The Morgan fingerprint density at radius 2 is 2.00 bits per heavy atom. The van der Waals surface area contributed by atoms with E-state index in [-0.39, 0.29) is 5.43 Å². The number of nitrogens with zero attached hydrogens (tertiary/aromatic N) is 2. The van der Waals surface area contributed by atoms with Crippen LogP contribution in [0.5, 0.6) is 0 Å². The van der Waals surface area contributed by atoms with Crippen LogP contribution in [0.3, 0.4) is 0 Å². The van der Waals surface area contributed by atoms with E-state index >= 15 is 0 Å². The van der Waals surface area contributed by atoms with E-state index < -0.39 is 0 Å². The SMILES string of the molecule is Cc1cc(C)c2c(=O)c(/C=N/N=C(N)SC/C=C/c3ccccc3)coc2c1. The van der Waals surface area contributed by atoms with Crippen LogP contribution in [0.15, 0.2) is 74.2 Å². The zero-order valence-electron chi connectivity index (χ0n) is 15.8. The molecule has 28 heavy (non-hydrogen) atoms. The molecule has 142 valence electrons. The summed E-state index contributed by atoms with van der Waals surface area (Å²) in [6.45, 7) is 3.86. The van der Waals surface area contributed by atoms with Gasteiger partial charge in [0.05, 0.1) is 17.2 Å². The minimum absolute atomic E-state index is 0.130. The lowest BCUT2D eigenvalue weighted by Crippen LogP contribution is -2.10. The van der Waals surface area contributed by atoms with Crippen LogP contribution in [-0.2, 0) is 0 Å². The highest BCUT2D eigenvalue weighted by atomic mass is 32.2. The largest absolute Gasteiger partial charge is 0.463 e. The van der Waals surface area contributed by atoms with Crippen molar-refractivity contribution < 1.29 is 4.42 Å². The highest BCUT2D eigenvalue weighted by molar-refractivity contribution is 8.13. The minimum atomic E-state index is -0.130. The summed E-state index contributed by atoms with van der Waals surface area (Å²) in [7, 11) is 0. The molecule has 0 saturated heterocycles. The third-order valence-electron chi connectivity index (χ3n) is 4.04. The van der Waals surface area contributed by atoms with Gasteiger partial charge in [-0.3, -0.25) is 4.79 Å². The second-order valence-corrected chi connectivity index (χ2v) is 7.32. The zero-order chi connectivity index (χ0) is 19.9. The van der Waals surface area contributed by atoms with Gasteiger partial charge in [-0.25, -0.2) is 0 Å². The maximum absolute atomic E-state index is 12.6. The van der Waals surface area contributed by atoms with Gasteiger partial charge in [-0.15, -0.1) is 5.10 Å². The summed E-state index contributed by atoms with van der Waals surface area (Å²) >= 11 is 1.37. The number of nitrogens with two attached hydrogens (primary N) is 1. The average molecular weight is 391 g/mol. The van der Waals surface area contributed by atoms with Crippen LogP contribution in [0.1, 0.15) is 22.3 Å². The van der Waals surface area contributed by atoms with E-state index in [1.165, 1.54) is 24.2 Å². The molecule has 1 heterocycles. The fourth-order valence-corrected chi connectivity index (χ4v) is 3.25. The van der Waals surface area contributed by atoms with E-state index in [2.05, 4.69) is 10.2 Å². The molecule has 0 saturated carbocycles. The van der Waals surface area contributed by atoms with Gasteiger partial charge in [0.15, 0.2) is 5.17 Å². The molecule has 2 aromatic carbocycles. The number of hydrogen-bond acceptors (Lipinski definition) is 5. The van der Waals surface area contributed by atoms with E-state index in [1.54, 1.807) is 0 Å². The molecule has 0 spiro atoms. The molecule has 0 fully saturated rings. The van der Waals surface area contributed by atoms with Crippen molar-refractivity contribution in [1.29, 1.82) is 0 Å². The maximum Gasteiger partial charge on any atom is 0.201 e. The first-order valence-corrected chi connectivity index (χ1v) is 9.77. The Kier molecular flexibility index (Phi) is 6.45. The topological polar surface area (TPSA) is 81.0 Å². The molecular weight excluding hydrogens is 370 g/mol. The number of fused-ring (bicyclic) bond motifs is 1. The first-order valence-electron chi connectivity index (χ1n) is 8.78. The maximum atomic E-state index is 12.6. The van der Waals surface area contributed by atoms with E-state index in [0.29, 0.717) is 27.5 Å². The van der Waals surface area contributed by atoms with Crippen molar-refractivity contribution in [3.05, 3.63) is 87.3 Å². The molecule has 2 N–H and O–H groups in total. The van der Waals surface area contributed by atoms with Crippen LogP contribution in [0.25, 0.3) is 17.0 Å². The molecule has 0 atom stereocenters. The van der Waals surface area contributed by atoms with Crippen molar-refractivity contribution >= 4 is 40.2 Å². The molecule has 0 radical (unpaired) electrons. The summed E-state index contributed by atoms with van der Waals surface area (Å²) in [6.07, 6.45) is 6.80. The number of rotatable bonds is 5. The predicted octanol–water partition coefficient (Wildman–Crippen LogP) is 4.51. The average Bonchev–Trinajstić information content (AvgIpc) is 2.67. The molecule has 0 aliphatic heterocycles. The lowest BCUT2D eigenvalue weighted by molar-refractivity contribution is 0.601. The molecule has 0 bridgehead atoms. The summed E-state index contributed by atoms with van der Waals surface area (Å²) in [4.78, 5) is 12.6. The normalized spacial score (nSPS) is 12.4. The summed E-state index contributed by atoms with van der Waals surface area (Å²) in [6, 6.07) is 13.8. The molecular formula is C22H21N3O2S. The Balaban J connectivity index is 1.65. The van der Waals surface area contributed by atoms with Gasteiger partial charge in [-0.2, -0.15) is 5.10 Å². The van der Waals surface area contributed by atoms with Crippen LogP contribution in [0.2, 0.25) is 0 Å². The van der Waals surface area contributed by atoms with Crippen molar-refractivity contribution in [2.75, 3.05) is 5.75 Å². The van der Waals surface area contributed by atoms with Gasteiger partial charge in [0, 0.05) is 5.75 Å². The number of thioether (sulfide) groups is 1. The molecule has 5 nitrogen and oxygen atoms in total. The molecule has 6 heteroatoms. The first-order chi connectivity index (χ1) is 13.5. The number of hydrogen-bond donors (Lipinski definition) is 1. The van der Waals surface area contributed by atoms with Gasteiger partial charge in [-0.1, -0.05) is 60.3 Å². The van der Waals surface area contributed by atoms with Crippen LogP contribution in [0.4, 0.5) is 0 Å². The standard InChI is InChI=1S/C22H21N3O2S/c1-15-11-16(2)20-19(12-15)27-14-18(21(20)26)13-24-25-22(23)28-10-6-9-17-7-4-3-5-8-17/h3-9,11-14H,10H2,1-2H3,(H2,23,25)/b9-6+,24-13+. The summed E-state index contributed by atoms with van der Waals surface area (Å²) in [5, 5.41) is 8.75. The molecule has 0 amide bonds. The Morgan fingerprint density at radius 1 is 1.21 bits per heavy atom. The van der Waals surface area contributed by atoms with E-state index in [9.17, 15) is 4.79 Å². The van der Waals surface area contributed by atoms with E-state index in [0.717, 1.165) is 16.7 Å². The third-order valence-corrected chi connectivity index (χ3v) is 4.77. The third kappa shape index (κ3) is 4.98. The first kappa shape index (κ1) is 19.6. The quantitative estimate of drug-likeness (QED) is 0.394. The van der Waals surface area contributed by atoms with E-state index in [1.807, 2.05) is 68.5 Å². The molecule has 1 aromatic heterocycles. The predicted molar refractivity (Wildman–Crippen MR) is 119 cm³/mol. The highest BCUT2D eigenvalue weighted by Crippen LogP contribution is 2.17. The van der Waals surface area contributed by atoms with Gasteiger partial charge in [0.1, 0.15) is 11.8 Å². The van der Waals surface area contributed by atoms with Gasteiger partial charge in [0.2, 0.25) is 5.43 Å². The minimum Gasteiger partial charge on any atom is -0.463 e. The molecule has 0 aliphatic carbocycles. The molecule has 3 rings (SSSR count). The van der Waals surface area contributed by atoms with Gasteiger partial charge in [-0.05, 0) is 36.6 Å². The molecule has 3 aromatic rings. The lowest BCUT2D eigenvalue weighted by atomic mass is 10.1. The van der Waals surface area contributed by atoms with Crippen LogP contribution >= 0.6 is 11.8 Å². The van der Waals surface area contributed by atoms with Crippen molar-refractivity contribution in [2.45, 2.75) is 13.8 Å². The Labute approximate surface area is 167 Å².